The van der Waals surface area contributed by atoms with Gasteiger partial charge in [-0.1, -0.05) is 60.7 Å². The maximum atomic E-state index is 13.3. The lowest BCUT2D eigenvalue weighted by atomic mass is 10.1. The van der Waals surface area contributed by atoms with Gasteiger partial charge in [-0.25, -0.2) is 0 Å². The summed E-state index contributed by atoms with van der Waals surface area (Å²) >= 11 is 0. The smallest absolute Gasteiger partial charge is 0.235 e. The molecule has 7 heteroatoms. The Hall–Kier alpha value is -4.75. The molecule has 0 fully saturated rings. The van der Waals surface area contributed by atoms with E-state index in [-0.39, 0.29) is 41.4 Å². The summed E-state index contributed by atoms with van der Waals surface area (Å²) in [5.41, 5.74) is 2.29. The van der Waals surface area contributed by atoms with Gasteiger partial charge in [-0.15, -0.1) is 0 Å². The zero-order valence-corrected chi connectivity index (χ0v) is 20.5. The topological polar surface area (TPSA) is 98.4 Å². The van der Waals surface area contributed by atoms with E-state index in [4.69, 9.17) is 18.6 Å². The summed E-state index contributed by atoms with van der Waals surface area (Å²) < 4.78 is 23.9. The first-order valence-corrected chi connectivity index (χ1v) is 12.1. The maximum Gasteiger partial charge on any atom is 0.235 e. The number of aliphatic hydroxyl groups is 1. The van der Waals surface area contributed by atoms with Crippen molar-refractivity contribution in [2.24, 2.45) is 0 Å². The Balaban J connectivity index is 1.56. The second kappa shape index (κ2) is 11.5. The Morgan fingerprint density at radius 2 is 1.37 bits per heavy atom. The predicted molar refractivity (Wildman–Crippen MR) is 144 cm³/mol. The van der Waals surface area contributed by atoms with Crippen LogP contribution in [0.2, 0.25) is 0 Å². The molecule has 0 spiro atoms. The molecule has 0 saturated heterocycles. The molecule has 1 heterocycles. The highest BCUT2D eigenvalue weighted by atomic mass is 16.5. The number of rotatable bonds is 10. The number of fused-ring (bicyclic) bond motifs is 1. The van der Waals surface area contributed by atoms with Crippen LogP contribution >= 0.6 is 0 Å². The Morgan fingerprint density at radius 3 is 2.03 bits per heavy atom. The third kappa shape index (κ3) is 5.63. The van der Waals surface area contributed by atoms with Crippen LogP contribution in [0.25, 0.3) is 22.3 Å². The standard InChI is InChI=1S/C31H26O7/c32-15-16-35-31-29(34)25-13-12-24(33)18-27(25)38-30(31)23-11-14-26(36-19-21-7-3-1-4-8-21)28(17-23)37-20-22-9-5-2-6-10-22/h1-14,17-18,32-33H,15-16,19-20H2. The average molecular weight is 511 g/mol. The van der Waals surface area contributed by atoms with E-state index in [1.807, 2.05) is 60.7 Å². The van der Waals surface area contributed by atoms with Crippen LogP contribution < -0.4 is 19.6 Å². The number of aromatic hydroxyl groups is 1. The van der Waals surface area contributed by atoms with Crippen molar-refractivity contribution >= 4 is 11.0 Å². The molecule has 7 nitrogen and oxygen atoms in total. The molecule has 0 atom stereocenters. The summed E-state index contributed by atoms with van der Waals surface area (Å²) in [6.07, 6.45) is 0. The number of benzene rings is 4. The molecule has 0 bridgehead atoms. The zero-order valence-electron chi connectivity index (χ0n) is 20.5. The van der Waals surface area contributed by atoms with Gasteiger partial charge in [-0.05, 0) is 41.5 Å². The molecule has 5 aromatic rings. The van der Waals surface area contributed by atoms with Crippen molar-refractivity contribution in [2.75, 3.05) is 13.2 Å². The van der Waals surface area contributed by atoms with Gasteiger partial charge >= 0.3 is 0 Å². The maximum absolute atomic E-state index is 13.3. The SMILES string of the molecule is O=c1c(OCCO)c(-c2ccc(OCc3ccccc3)c(OCc3ccccc3)c2)oc2cc(O)ccc12. The highest BCUT2D eigenvalue weighted by Gasteiger charge is 2.20. The van der Waals surface area contributed by atoms with Crippen molar-refractivity contribution in [3.8, 4) is 34.3 Å². The second-order valence-corrected chi connectivity index (χ2v) is 8.55. The second-order valence-electron chi connectivity index (χ2n) is 8.55. The third-order valence-electron chi connectivity index (χ3n) is 5.85. The Bertz CT molecular complexity index is 1580. The van der Waals surface area contributed by atoms with Crippen LogP contribution in [0.3, 0.4) is 0 Å². The van der Waals surface area contributed by atoms with Gasteiger partial charge in [0.2, 0.25) is 11.2 Å². The highest BCUT2D eigenvalue weighted by molar-refractivity contribution is 5.83. The van der Waals surface area contributed by atoms with E-state index in [9.17, 15) is 15.0 Å². The Labute approximate surface area is 219 Å². The number of hydrogen-bond donors (Lipinski definition) is 2. The van der Waals surface area contributed by atoms with Gasteiger partial charge < -0.3 is 28.8 Å². The van der Waals surface area contributed by atoms with Gasteiger partial charge in [0.25, 0.3) is 0 Å². The molecule has 38 heavy (non-hydrogen) atoms. The molecular weight excluding hydrogens is 484 g/mol. The molecule has 0 unspecified atom stereocenters. The lowest BCUT2D eigenvalue weighted by molar-refractivity contribution is 0.199. The summed E-state index contributed by atoms with van der Waals surface area (Å²) in [7, 11) is 0. The van der Waals surface area contributed by atoms with Gasteiger partial charge in [0.15, 0.2) is 17.3 Å². The fraction of sp³-hybridized carbons (Fsp3) is 0.129. The first-order chi connectivity index (χ1) is 18.6. The molecule has 2 N–H and O–H groups in total. The highest BCUT2D eigenvalue weighted by Crippen LogP contribution is 2.38. The first-order valence-electron chi connectivity index (χ1n) is 12.1. The number of phenols is 1. The van der Waals surface area contributed by atoms with Crippen molar-refractivity contribution in [3.63, 3.8) is 0 Å². The molecular formula is C31H26O7. The largest absolute Gasteiger partial charge is 0.508 e. The van der Waals surface area contributed by atoms with Gasteiger partial charge in [-0.2, -0.15) is 0 Å². The van der Waals surface area contributed by atoms with Crippen molar-refractivity contribution in [1.82, 2.24) is 0 Å². The monoisotopic (exact) mass is 510 g/mol. The van der Waals surface area contributed by atoms with Crippen molar-refractivity contribution < 1.29 is 28.8 Å². The normalized spacial score (nSPS) is 10.9. The van der Waals surface area contributed by atoms with Crippen LogP contribution in [-0.2, 0) is 13.2 Å². The summed E-state index contributed by atoms with van der Waals surface area (Å²) in [6, 6.07) is 29.0. The van der Waals surface area contributed by atoms with Crippen molar-refractivity contribution in [2.45, 2.75) is 13.2 Å². The molecule has 1 aromatic heterocycles. The first kappa shape index (κ1) is 24.9. The number of hydrogen-bond acceptors (Lipinski definition) is 7. The predicted octanol–water partition coefficient (Wildman–Crippen LogP) is 5.69. The van der Waals surface area contributed by atoms with Gasteiger partial charge in [0.05, 0.1) is 12.0 Å². The molecule has 0 saturated carbocycles. The van der Waals surface area contributed by atoms with E-state index in [0.29, 0.717) is 30.3 Å². The van der Waals surface area contributed by atoms with Crippen LogP contribution in [0.15, 0.2) is 106 Å². The summed E-state index contributed by atoms with van der Waals surface area (Å²) in [4.78, 5) is 13.3. The van der Waals surface area contributed by atoms with Crippen LogP contribution in [-0.4, -0.2) is 23.4 Å². The molecule has 0 amide bonds. The van der Waals surface area contributed by atoms with Crippen LogP contribution in [0.4, 0.5) is 0 Å². The summed E-state index contributed by atoms with van der Waals surface area (Å²) in [6.45, 7) is 0.285. The average Bonchev–Trinajstić information content (AvgIpc) is 2.95. The van der Waals surface area contributed by atoms with E-state index in [1.165, 1.54) is 18.2 Å². The van der Waals surface area contributed by atoms with Crippen LogP contribution in [0.5, 0.6) is 23.0 Å². The minimum absolute atomic E-state index is 0.0350. The van der Waals surface area contributed by atoms with Crippen LogP contribution in [0, 0.1) is 0 Å². The van der Waals surface area contributed by atoms with Gasteiger partial charge in [0.1, 0.15) is 31.2 Å². The van der Waals surface area contributed by atoms with E-state index in [1.54, 1.807) is 18.2 Å². The van der Waals surface area contributed by atoms with Crippen molar-refractivity contribution in [3.05, 3.63) is 118 Å². The fourth-order valence-electron chi connectivity index (χ4n) is 3.99. The lowest BCUT2D eigenvalue weighted by Crippen LogP contribution is -2.13. The molecule has 0 aliphatic heterocycles. The van der Waals surface area contributed by atoms with E-state index in [0.717, 1.165) is 11.1 Å². The fourth-order valence-corrected chi connectivity index (χ4v) is 3.99. The molecule has 0 aliphatic rings. The molecule has 5 rings (SSSR count). The lowest BCUT2D eigenvalue weighted by Gasteiger charge is -2.16. The van der Waals surface area contributed by atoms with E-state index < -0.39 is 5.43 Å². The zero-order chi connectivity index (χ0) is 26.3. The van der Waals surface area contributed by atoms with Crippen molar-refractivity contribution in [1.29, 1.82) is 0 Å². The van der Waals surface area contributed by atoms with Gasteiger partial charge in [-0.3, -0.25) is 4.79 Å². The third-order valence-corrected chi connectivity index (χ3v) is 5.85. The van der Waals surface area contributed by atoms with Gasteiger partial charge in [0, 0.05) is 11.6 Å². The Morgan fingerprint density at radius 1 is 0.711 bits per heavy atom. The molecule has 0 aliphatic carbocycles. The Kier molecular flexibility index (Phi) is 7.57. The minimum Gasteiger partial charge on any atom is -0.508 e. The summed E-state index contributed by atoms with van der Waals surface area (Å²) in [5, 5.41) is 19.5. The molecule has 192 valence electrons. The molecule has 4 aromatic carbocycles. The summed E-state index contributed by atoms with van der Waals surface area (Å²) in [5.74, 6) is 1.05. The van der Waals surface area contributed by atoms with Crippen LogP contribution in [0.1, 0.15) is 11.1 Å². The number of phenolic OH excluding ortho intramolecular Hbond substituents is 1. The minimum atomic E-state index is -0.411. The quantitative estimate of drug-likeness (QED) is 0.249. The molecule has 0 radical (unpaired) electrons. The number of aliphatic hydroxyl groups excluding tert-OH is 1. The van der Waals surface area contributed by atoms with E-state index >= 15 is 0 Å². The van der Waals surface area contributed by atoms with E-state index in [2.05, 4.69) is 0 Å². The number of ether oxygens (including phenoxy) is 3.